The Morgan fingerprint density at radius 3 is 1.29 bits per heavy atom. The van der Waals surface area contributed by atoms with E-state index in [0.717, 1.165) is 10.8 Å². The zero-order chi connectivity index (χ0) is 11.2. The van der Waals surface area contributed by atoms with Crippen molar-refractivity contribution in [2.24, 2.45) is 0 Å². The summed E-state index contributed by atoms with van der Waals surface area (Å²) in [6.45, 7) is 3.46. The maximum absolute atomic E-state index is 11.1. The van der Waals surface area contributed by atoms with Crippen LogP contribution in [0.1, 0.15) is 26.7 Å². The predicted molar refractivity (Wildman–Crippen MR) is 57.3 cm³/mol. The highest BCUT2D eigenvalue weighted by Gasteiger charge is 2.08. The van der Waals surface area contributed by atoms with Gasteiger partial charge in [0.25, 0.3) is 0 Å². The molecule has 0 N–H and O–H groups in total. The van der Waals surface area contributed by atoms with Crippen molar-refractivity contribution in [3.8, 4) is 0 Å². The molecule has 0 saturated carbocycles. The van der Waals surface area contributed by atoms with E-state index in [0.29, 0.717) is 12.8 Å². The van der Waals surface area contributed by atoms with Crippen LogP contribution in [0.4, 0.5) is 0 Å². The topological polar surface area (TPSA) is 68.3 Å². The zero-order valence-electron chi connectivity index (χ0n) is 8.43. The molecular formula is C8H16O4S2. The summed E-state index contributed by atoms with van der Waals surface area (Å²) in [5.74, 6) is -0.0176. The number of sulfone groups is 2. The third-order valence-electron chi connectivity index (χ3n) is 1.45. The summed E-state index contributed by atoms with van der Waals surface area (Å²) in [4.78, 5) is 0. The van der Waals surface area contributed by atoms with Crippen molar-refractivity contribution >= 4 is 19.7 Å². The van der Waals surface area contributed by atoms with Crippen LogP contribution >= 0.6 is 0 Å². The SMILES string of the molecule is CCCS(=O)(=O)/C=C\S(=O)(=O)CCC. The van der Waals surface area contributed by atoms with Crippen LogP contribution in [0.5, 0.6) is 0 Å². The van der Waals surface area contributed by atoms with Gasteiger partial charge in [-0.15, -0.1) is 0 Å². The first kappa shape index (κ1) is 13.6. The Kier molecular flexibility index (Phi) is 5.36. The molecule has 0 aliphatic heterocycles. The lowest BCUT2D eigenvalue weighted by Gasteiger charge is -1.95. The Morgan fingerprint density at radius 2 is 1.07 bits per heavy atom. The van der Waals surface area contributed by atoms with Crippen LogP contribution in [-0.4, -0.2) is 28.3 Å². The molecule has 84 valence electrons. The lowest BCUT2D eigenvalue weighted by Crippen LogP contribution is -2.04. The third-order valence-corrected chi connectivity index (χ3v) is 4.68. The number of hydrogen-bond donors (Lipinski definition) is 0. The minimum Gasteiger partial charge on any atom is -0.224 e. The van der Waals surface area contributed by atoms with Crippen molar-refractivity contribution in [1.29, 1.82) is 0 Å². The second-order valence-corrected chi connectivity index (χ2v) is 7.02. The largest absolute Gasteiger partial charge is 0.224 e. The standard InChI is InChI=1S/C8H16O4S2/c1-3-5-13(9,10)7-8-14(11,12)6-4-2/h7-8H,3-6H2,1-2H3/b8-7-. The predicted octanol–water partition coefficient (Wildman–Crippen LogP) is 1.11. The van der Waals surface area contributed by atoms with E-state index in [1.165, 1.54) is 0 Å². The Bertz CT molecular complexity index is 338. The van der Waals surface area contributed by atoms with Gasteiger partial charge in [0, 0.05) is 10.8 Å². The zero-order valence-corrected chi connectivity index (χ0v) is 10.1. The molecule has 0 spiro atoms. The van der Waals surface area contributed by atoms with Crippen molar-refractivity contribution < 1.29 is 16.8 Å². The lowest BCUT2D eigenvalue weighted by molar-refractivity contribution is 0.599. The van der Waals surface area contributed by atoms with Crippen molar-refractivity contribution in [2.75, 3.05) is 11.5 Å². The monoisotopic (exact) mass is 240 g/mol. The molecule has 0 unspecified atom stereocenters. The van der Waals surface area contributed by atoms with Gasteiger partial charge in [0.05, 0.1) is 11.5 Å². The van der Waals surface area contributed by atoms with E-state index < -0.39 is 19.7 Å². The van der Waals surface area contributed by atoms with Crippen LogP contribution in [0.2, 0.25) is 0 Å². The summed E-state index contributed by atoms with van der Waals surface area (Å²) >= 11 is 0. The molecule has 4 nitrogen and oxygen atoms in total. The summed E-state index contributed by atoms with van der Waals surface area (Å²) in [5, 5.41) is 1.59. The molecule has 0 fully saturated rings. The first-order chi connectivity index (χ1) is 6.33. The summed E-state index contributed by atoms with van der Waals surface area (Å²) in [6.07, 6.45) is 0.973. The van der Waals surface area contributed by atoms with E-state index in [9.17, 15) is 16.8 Å². The summed E-state index contributed by atoms with van der Waals surface area (Å²) in [6, 6.07) is 0. The van der Waals surface area contributed by atoms with Crippen LogP contribution < -0.4 is 0 Å². The highest BCUT2D eigenvalue weighted by Crippen LogP contribution is 2.01. The Morgan fingerprint density at radius 1 is 0.786 bits per heavy atom. The smallest absolute Gasteiger partial charge is 0.172 e. The molecule has 0 aliphatic carbocycles. The van der Waals surface area contributed by atoms with Gasteiger partial charge in [-0.3, -0.25) is 0 Å². The van der Waals surface area contributed by atoms with Crippen LogP contribution in [0.15, 0.2) is 10.8 Å². The van der Waals surface area contributed by atoms with Gasteiger partial charge in [-0.2, -0.15) is 0 Å². The molecule has 0 atom stereocenters. The quantitative estimate of drug-likeness (QED) is 0.697. The summed E-state index contributed by atoms with van der Waals surface area (Å²) in [7, 11) is -6.69. The molecule has 0 aliphatic rings. The van der Waals surface area contributed by atoms with Gasteiger partial charge in [-0.25, -0.2) is 16.8 Å². The molecule has 0 radical (unpaired) electrons. The summed E-state index contributed by atoms with van der Waals surface area (Å²) in [5.41, 5.74) is 0. The number of rotatable bonds is 6. The van der Waals surface area contributed by atoms with Gasteiger partial charge in [0.1, 0.15) is 0 Å². The van der Waals surface area contributed by atoms with Gasteiger partial charge < -0.3 is 0 Å². The molecule has 0 saturated heterocycles. The molecule has 0 amide bonds. The van der Waals surface area contributed by atoms with Gasteiger partial charge in [0.2, 0.25) is 0 Å². The Labute approximate surface area is 85.9 Å². The highest BCUT2D eigenvalue weighted by molar-refractivity contribution is 7.97. The van der Waals surface area contributed by atoms with E-state index >= 15 is 0 Å². The van der Waals surface area contributed by atoms with E-state index in [2.05, 4.69) is 0 Å². The van der Waals surface area contributed by atoms with E-state index in [4.69, 9.17) is 0 Å². The fourth-order valence-electron chi connectivity index (χ4n) is 0.874. The molecule has 0 heterocycles. The summed E-state index contributed by atoms with van der Waals surface area (Å²) < 4.78 is 44.5. The maximum atomic E-state index is 11.1. The van der Waals surface area contributed by atoms with E-state index in [1.807, 2.05) is 0 Å². The van der Waals surface area contributed by atoms with Crippen molar-refractivity contribution in [3.05, 3.63) is 10.8 Å². The van der Waals surface area contributed by atoms with Crippen molar-refractivity contribution in [1.82, 2.24) is 0 Å². The Hall–Kier alpha value is -0.360. The normalized spacial score (nSPS) is 13.6. The Balaban J connectivity index is 4.60. The van der Waals surface area contributed by atoms with E-state index in [-0.39, 0.29) is 11.5 Å². The highest BCUT2D eigenvalue weighted by atomic mass is 32.2. The molecule has 0 aromatic rings. The van der Waals surface area contributed by atoms with Gasteiger partial charge in [-0.05, 0) is 12.8 Å². The molecule has 0 aromatic heterocycles. The van der Waals surface area contributed by atoms with Crippen LogP contribution in [-0.2, 0) is 19.7 Å². The second-order valence-electron chi connectivity index (χ2n) is 3.01. The maximum Gasteiger partial charge on any atom is 0.172 e. The molecule has 14 heavy (non-hydrogen) atoms. The van der Waals surface area contributed by atoms with Crippen molar-refractivity contribution in [3.63, 3.8) is 0 Å². The molecule has 6 heteroatoms. The first-order valence-electron chi connectivity index (χ1n) is 4.46. The van der Waals surface area contributed by atoms with Gasteiger partial charge in [0.15, 0.2) is 19.7 Å². The third kappa shape index (κ3) is 6.15. The minimum absolute atomic E-state index is 0.00878. The van der Waals surface area contributed by atoms with Crippen LogP contribution in [0, 0.1) is 0 Å². The molecular weight excluding hydrogens is 224 g/mol. The first-order valence-corrected chi connectivity index (χ1v) is 7.89. The fraction of sp³-hybridized carbons (Fsp3) is 0.750. The number of hydrogen-bond acceptors (Lipinski definition) is 4. The average Bonchev–Trinajstić information content (AvgIpc) is 2.01. The molecule has 0 rings (SSSR count). The van der Waals surface area contributed by atoms with Crippen LogP contribution in [0.3, 0.4) is 0 Å². The second kappa shape index (κ2) is 5.50. The van der Waals surface area contributed by atoms with E-state index in [1.54, 1.807) is 13.8 Å². The van der Waals surface area contributed by atoms with Crippen molar-refractivity contribution in [2.45, 2.75) is 26.7 Å². The van der Waals surface area contributed by atoms with Gasteiger partial charge >= 0.3 is 0 Å². The van der Waals surface area contributed by atoms with Crippen LogP contribution in [0.25, 0.3) is 0 Å². The molecule has 0 bridgehead atoms. The lowest BCUT2D eigenvalue weighted by atomic mass is 10.6. The fourth-order valence-corrected chi connectivity index (χ4v) is 3.64. The average molecular weight is 240 g/mol. The minimum atomic E-state index is -3.34. The molecule has 0 aromatic carbocycles. The van der Waals surface area contributed by atoms with Gasteiger partial charge in [-0.1, -0.05) is 13.8 Å².